The molecule has 0 aromatic carbocycles. The van der Waals surface area contributed by atoms with Gasteiger partial charge in [-0.3, -0.25) is 14.4 Å². The van der Waals surface area contributed by atoms with Gasteiger partial charge < -0.3 is 14.2 Å². The average Bonchev–Trinajstić information content (AvgIpc) is 3.47. The Kier molecular flexibility index (Phi) is 66.2. The second kappa shape index (κ2) is 69.6. The van der Waals surface area contributed by atoms with E-state index < -0.39 is 6.10 Å². The summed E-state index contributed by atoms with van der Waals surface area (Å²) in [6.45, 7) is 6.51. The van der Waals surface area contributed by atoms with Gasteiger partial charge in [-0.2, -0.15) is 0 Å². The van der Waals surface area contributed by atoms with Gasteiger partial charge in [-0.25, -0.2) is 0 Å². The van der Waals surface area contributed by atoms with Crippen molar-refractivity contribution in [2.45, 2.75) is 341 Å². The van der Waals surface area contributed by atoms with Gasteiger partial charge in [0.25, 0.3) is 0 Å². The number of ether oxygens (including phenoxy) is 3. The Labute approximate surface area is 508 Å². The minimum Gasteiger partial charge on any atom is -0.462 e. The number of hydrogen-bond donors (Lipinski definition) is 0. The molecule has 82 heavy (non-hydrogen) atoms. The van der Waals surface area contributed by atoms with Crippen LogP contribution in [0.3, 0.4) is 0 Å². The summed E-state index contributed by atoms with van der Waals surface area (Å²) in [5.41, 5.74) is 0. The van der Waals surface area contributed by atoms with Crippen LogP contribution in [-0.2, 0) is 28.6 Å². The minimum atomic E-state index is -0.789. The van der Waals surface area contributed by atoms with Gasteiger partial charge in [-0.15, -0.1) is 0 Å². The highest BCUT2D eigenvalue weighted by Crippen LogP contribution is 2.17. The summed E-state index contributed by atoms with van der Waals surface area (Å²) >= 11 is 0. The molecule has 0 aromatic heterocycles. The zero-order valence-electron chi connectivity index (χ0n) is 54.0. The third-order valence-electron chi connectivity index (χ3n) is 15.0. The van der Waals surface area contributed by atoms with Gasteiger partial charge in [0, 0.05) is 19.3 Å². The van der Waals surface area contributed by atoms with Crippen LogP contribution >= 0.6 is 0 Å². The van der Waals surface area contributed by atoms with E-state index >= 15 is 0 Å². The average molecular weight is 1140 g/mol. The van der Waals surface area contributed by atoms with Crippen LogP contribution in [0.2, 0.25) is 0 Å². The van der Waals surface area contributed by atoms with Crippen LogP contribution in [0.1, 0.15) is 335 Å². The molecular weight excluding hydrogens is 1010 g/mol. The molecule has 0 aliphatic carbocycles. The predicted octanol–water partition coefficient (Wildman–Crippen LogP) is 24.2. The van der Waals surface area contributed by atoms with E-state index in [4.69, 9.17) is 14.2 Å². The number of allylic oxidation sites excluding steroid dienone is 18. The topological polar surface area (TPSA) is 78.9 Å². The molecule has 0 aromatic rings. The molecule has 0 fully saturated rings. The maximum absolute atomic E-state index is 12.9. The van der Waals surface area contributed by atoms with E-state index in [9.17, 15) is 14.4 Å². The zero-order chi connectivity index (χ0) is 59.2. The van der Waals surface area contributed by atoms with Crippen LogP contribution in [0.5, 0.6) is 0 Å². The molecule has 0 radical (unpaired) electrons. The van der Waals surface area contributed by atoms with Crippen LogP contribution < -0.4 is 0 Å². The van der Waals surface area contributed by atoms with Crippen LogP contribution in [0, 0.1) is 0 Å². The number of rotatable bonds is 63. The zero-order valence-corrected chi connectivity index (χ0v) is 54.0. The van der Waals surface area contributed by atoms with E-state index in [0.717, 1.165) is 116 Å². The Hall–Kier alpha value is -3.93. The minimum absolute atomic E-state index is 0.0834. The monoisotopic (exact) mass is 1140 g/mol. The van der Waals surface area contributed by atoms with Gasteiger partial charge in [0.2, 0.25) is 0 Å². The summed E-state index contributed by atoms with van der Waals surface area (Å²) in [7, 11) is 0. The Morgan fingerprint density at radius 2 is 0.476 bits per heavy atom. The molecule has 0 amide bonds. The highest BCUT2D eigenvalue weighted by atomic mass is 16.6. The van der Waals surface area contributed by atoms with Gasteiger partial charge in [0.05, 0.1) is 0 Å². The lowest BCUT2D eigenvalue weighted by Gasteiger charge is -2.18. The summed E-state index contributed by atoms with van der Waals surface area (Å²) in [4.78, 5) is 38.5. The molecule has 0 rings (SSSR count). The Morgan fingerprint density at radius 1 is 0.256 bits per heavy atom. The van der Waals surface area contributed by atoms with Crippen molar-refractivity contribution in [3.63, 3.8) is 0 Å². The molecule has 0 aliphatic rings. The first-order valence-corrected chi connectivity index (χ1v) is 34.9. The first-order chi connectivity index (χ1) is 40.5. The molecule has 1 unspecified atom stereocenters. The van der Waals surface area contributed by atoms with Gasteiger partial charge >= 0.3 is 17.9 Å². The van der Waals surface area contributed by atoms with Crippen molar-refractivity contribution in [3.8, 4) is 0 Å². The summed E-state index contributed by atoms with van der Waals surface area (Å²) < 4.78 is 17.0. The number of unbranched alkanes of at least 4 members (excludes halogenated alkanes) is 34. The number of hydrogen-bond acceptors (Lipinski definition) is 6. The van der Waals surface area contributed by atoms with Gasteiger partial charge in [-0.1, -0.05) is 297 Å². The summed E-state index contributed by atoms with van der Waals surface area (Å²) in [5, 5.41) is 0. The van der Waals surface area contributed by atoms with E-state index in [1.807, 2.05) is 0 Å². The fourth-order valence-electron chi connectivity index (χ4n) is 9.77. The highest BCUT2D eigenvalue weighted by Gasteiger charge is 2.19. The van der Waals surface area contributed by atoms with Gasteiger partial charge in [-0.05, 0) is 128 Å². The van der Waals surface area contributed by atoms with E-state index in [1.165, 1.54) is 180 Å². The second-order valence-electron chi connectivity index (χ2n) is 23.1. The molecule has 0 heterocycles. The van der Waals surface area contributed by atoms with Crippen LogP contribution in [0.4, 0.5) is 0 Å². The van der Waals surface area contributed by atoms with E-state index in [2.05, 4.69) is 130 Å². The van der Waals surface area contributed by atoms with Gasteiger partial charge in [0.15, 0.2) is 6.10 Å². The van der Waals surface area contributed by atoms with Crippen molar-refractivity contribution in [3.05, 3.63) is 109 Å². The Balaban J connectivity index is 4.32. The standard InChI is InChI=1S/C76H130O6/c1-4-7-10-13-16-19-22-25-28-31-33-34-35-36-37-38-39-40-41-42-43-46-48-51-54-57-60-63-66-69-75(78)81-72-73(71-80-74(77)68-65-62-59-56-53-50-47-44-30-27-24-21-18-15-12-9-6-3)82-76(79)70-67-64-61-58-55-52-49-45-32-29-26-23-20-17-14-11-8-5-2/h7,10,16,18-21,23,25,27-30,32-34,36-37,73H,4-6,8-9,11-15,17,22,24,26,31,35,38-72H2,1-3H3/b10-7-,19-16-,21-18-,23-20-,28-25-,30-27-,32-29-,34-33-,37-36-. The number of carbonyl (C=O) groups is 3. The number of esters is 3. The second-order valence-corrected chi connectivity index (χ2v) is 23.1. The summed E-state index contributed by atoms with van der Waals surface area (Å²) in [6, 6.07) is 0. The summed E-state index contributed by atoms with van der Waals surface area (Å²) in [5.74, 6) is -0.887. The molecule has 0 aliphatic heterocycles. The Morgan fingerprint density at radius 3 is 0.768 bits per heavy atom. The first kappa shape index (κ1) is 78.1. The molecule has 6 nitrogen and oxygen atoms in total. The lowest BCUT2D eigenvalue weighted by Crippen LogP contribution is -2.30. The van der Waals surface area contributed by atoms with Crippen LogP contribution in [0.25, 0.3) is 0 Å². The van der Waals surface area contributed by atoms with Crippen molar-refractivity contribution in [1.82, 2.24) is 0 Å². The largest absolute Gasteiger partial charge is 0.462 e. The van der Waals surface area contributed by atoms with Crippen LogP contribution in [0.15, 0.2) is 109 Å². The van der Waals surface area contributed by atoms with Crippen molar-refractivity contribution < 1.29 is 28.6 Å². The highest BCUT2D eigenvalue weighted by molar-refractivity contribution is 5.71. The third kappa shape index (κ3) is 66.9. The lowest BCUT2D eigenvalue weighted by atomic mass is 10.0. The molecule has 1 atom stereocenters. The molecule has 470 valence electrons. The van der Waals surface area contributed by atoms with E-state index in [-0.39, 0.29) is 31.1 Å². The molecule has 0 saturated heterocycles. The van der Waals surface area contributed by atoms with Crippen molar-refractivity contribution >= 4 is 17.9 Å². The van der Waals surface area contributed by atoms with Crippen molar-refractivity contribution in [2.24, 2.45) is 0 Å². The van der Waals surface area contributed by atoms with Crippen molar-refractivity contribution in [2.75, 3.05) is 13.2 Å². The van der Waals surface area contributed by atoms with E-state index in [1.54, 1.807) is 0 Å². The third-order valence-corrected chi connectivity index (χ3v) is 15.0. The maximum atomic E-state index is 12.9. The fraction of sp³-hybridized carbons (Fsp3) is 0.724. The van der Waals surface area contributed by atoms with Gasteiger partial charge in [0.1, 0.15) is 13.2 Å². The number of carbonyl (C=O) groups excluding carboxylic acids is 3. The summed E-state index contributed by atoms with van der Waals surface area (Å²) in [6.07, 6.45) is 95.3. The smallest absolute Gasteiger partial charge is 0.306 e. The molecule has 0 spiro atoms. The quantitative estimate of drug-likeness (QED) is 0.0261. The SMILES string of the molecule is CC/C=C\C/C=C\C/C=C\C/C=C\C/C=C\CCCCCCCCCCCCCCCC(=O)OCC(COC(=O)CCCCCCCCC/C=C\C/C=C\CCCCC)OC(=O)CCCCCCCCC/C=C\C/C=C\CCCCCC. The van der Waals surface area contributed by atoms with E-state index in [0.29, 0.717) is 19.3 Å². The maximum Gasteiger partial charge on any atom is 0.306 e. The van der Waals surface area contributed by atoms with Crippen molar-refractivity contribution in [1.29, 1.82) is 0 Å². The Bertz CT molecular complexity index is 1640. The molecule has 0 saturated carbocycles. The molecule has 6 heteroatoms. The fourth-order valence-corrected chi connectivity index (χ4v) is 9.77. The molecule has 0 bridgehead atoms. The van der Waals surface area contributed by atoms with Crippen LogP contribution in [-0.4, -0.2) is 37.2 Å². The molecule has 0 N–H and O–H groups in total. The normalized spacial score (nSPS) is 12.8. The predicted molar refractivity (Wildman–Crippen MR) is 357 cm³/mol. The first-order valence-electron chi connectivity index (χ1n) is 34.9. The molecular formula is C76H130O6. The lowest BCUT2D eigenvalue weighted by molar-refractivity contribution is -0.167.